The SMILES string of the molecule is [Ca+2].[O-2].[Y+3].[Zr+4]. The zero-order valence-corrected chi connectivity index (χ0v) is 9.70. The maximum absolute atomic E-state index is 0. The van der Waals surface area contributed by atoms with Crippen LogP contribution in [0.25, 0.3) is 0 Å². The van der Waals surface area contributed by atoms with Crippen LogP contribution in [0.1, 0.15) is 0 Å². The zero-order valence-electron chi connectivity index (χ0n) is 2.19. The van der Waals surface area contributed by atoms with Crippen molar-refractivity contribution < 1.29 is 64.4 Å². The minimum absolute atomic E-state index is 0. The Bertz CT molecular complexity index is 8.00. The molecule has 0 N–H and O–H groups in total. The molecule has 0 heterocycles. The molecule has 0 aromatic rings. The van der Waals surface area contributed by atoms with Gasteiger partial charge in [-0.15, -0.1) is 0 Å². The molecule has 0 saturated carbocycles. The van der Waals surface area contributed by atoms with Crippen LogP contribution in [0.5, 0.6) is 0 Å². The van der Waals surface area contributed by atoms with E-state index >= 15 is 0 Å². The Morgan fingerprint density at radius 2 is 1.00 bits per heavy atom. The first-order valence-corrected chi connectivity index (χ1v) is 0. The van der Waals surface area contributed by atoms with Crippen molar-refractivity contribution >= 4 is 37.7 Å². The van der Waals surface area contributed by atoms with Crippen LogP contribution >= 0.6 is 0 Å². The van der Waals surface area contributed by atoms with Crippen LogP contribution in [0, 0.1) is 0 Å². The van der Waals surface area contributed by atoms with Gasteiger partial charge in [-0.3, -0.25) is 0 Å². The van der Waals surface area contributed by atoms with Gasteiger partial charge in [0.15, 0.2) is 0 Å². The van der Waals surface area contributed by atoms with Crippen LogP contribution in [0.15, 0.2) is 0 Å². The van der Waals surface area contributed by atoms with Gasteiger partial charge in [-0.1, -0.05) is 0 Å². The molecule has 0 aliphatic rings. The summed E-state index contributed by atoms with van der Waals surface area (Å²) in [6, 6.07) is 0. The molecule has 0 fully saturated rings. The van der Waals surface area contributed by atoms with Gasteiger partial charge in [-0.25, -0.2) is 0 Å². The molecule has 0 rings (SSSR count). The third-order valence-electron chi connectivity index (χ3n) is 0. The fraction of sp³-hybridized carbons (Fsp3) is 0. The van der Waals surface area contributed by atoms with E-state index in [-0.39, 0.29) is 102 Å². The Morgan fingerprint density at radius 3 is 1.00 bits per heavy atom. The molecule has 0 bridgehead atoms. The topological polar surface area (TPSA) is 28.5 Å². The van der Waals surface area contributed by atoms with E-state index in [1.54, 1.807) is 0 Å². The monoisotopic (exact) mass is 235 g/mol. The second kappa shape index (κ2) is 16.4. The van der Waals surface area contributed by atoms with E-state index in [1.807, 2.05) is 0 Å². The number of hydrogen-bond acceptors (Lipinski definition) is 0. The maximum atomic E-state index is 0. The van der Waals surface area contributed by atoms with Crippen molar-refractivity contribution in [2.45, 2.75) is 0 Å². The number of rotatable bonds is 0. The predicted octanol–water partition coefficient (Wildman–Crippen LogP) is -0.505. The summed E-state index contributed by atoms with van der Waals surface area (Å²) in [6.45, 7) is 0. The van der Waals surface area contributed by atoms with E-state index in [4.69, 9.17) is 0 Å². The molecule has 0 aromatic carbocycles. The molecule has 0 radical (unpaired) electrons. The van der Waals surface area contributed by atoms with Crippen molar-refractivity contribution in [3.05, 3.63) is 0 Å². The minimum Gasteiger partial charge on any atom is -2.00 e. The Labute approximate surface area is 99.6 Å². The van der Waals surface area contributed by atoms with E-state index in [9.17, 15) is 0 Å². The fourth-order valence-electron chi connectivity index (χ4n) is 0. The van der Waals surface area contributed by atoms with Gasteiger partial charge in [0.2, 0.25) is 0 Å². The molecule has 0 atom stereocenters. The molecule has 0 unspecified atom stereocenters. The fourth-order valence-corrected chi connectivity index (χ4v) is 0. The van der Waals surface area contributed by atoms with Gasteiger partial charge < -0.3 is 5.48 Å². The first kappa shape index (κ1) is 27.0. The Morgan fingerprint density at radius 1 is 1.00 bits per heavy atom. The molecular formula is CaOYZr+7. The molecule has 1 nitrogen and oxygen atoms in total. The van der Waals surface area contributed by atoms with E-state index in [0.29, 0.717) is 0 Å². The molecule has 0 aliphatic carbocycles. The van der Waals surface area contributed by atoms with Gasteiger partial charge in [0.05, 0.1) is 0 Å². The van der Waals surface area contributed by atoms with Gasteiger partial charge in [-0.05, 0) is 0 Å². The molecule has 0 aromatic heterocycles. The van der Waals surface area contributed by atoms with Gasteiger partial charge in [0, 0.05) is 0 Å². The second-order valence-electron chi connectivity index (χ2n) is 0. The quantitative estimate of drug-likeness (QED) is 0.507. The molecular weight excluding hydrogens is 236 g/mol. The minimum atomic E-state index is 0. The first-order valence-electron chi connectivity index (χ1n) is 0. The van der Waals surface area contributed by atoms with E-state index in [0.717, 1.165) is 0 Å². The van der Waals surface area contributed by atoms with Gasteiger partial charge in [0.25, 0.3) is 0 Å². The molecule has 0 aliphatic heterocycles. The normalized spacial score (nSPS) is 0. The van der Waals surface area contributed by atoms with Crippen molar-refractivity contribution in [1.82, 2.24) is 0 Å². The summed E-state index contributed by atoms with van der Waals surface area (Å²) in [6.07, 6.45) is 0. The summed E-state index contributed by atoms with van der Waals surface area (Å²) >= 11 is 0. The van der Waals surface area contributed by atoms with Crippen molar-refractivity contribution in [2.24, 2.45) is 0 Å². The van der Waals surface area contributed by atoms with Crippen LogP contribution in [0.4, 0.5) is 0 Å². The third kappa shape index (κ3) is 8.96. The van der Waals surface area contributed by atoms with Crippen molar-refractivity contribution in [3.63, 3.8) is 0 Å². The van der Waals surface area contributed by atoms with Gasteiger partial charge >= 0.3 is 96.7 Å². The molecule has 4 heteroatoms. The molecule has 4 heavy (non-hydrogen) atoms. The standard InChI is InChI=1S/Ca.O.Y.Zr/q+2;-2;+3;+4. The van der Waals surface area contributed by atoms with Crippen LogP contribution in [-0.2, 0) is 64.4 Å². The Balaban J connectivity index is 0. The molecule has 8 valence electrons. The summed E-state index contributed by atoms with van der Waals surface area (Å²) in [5.74, 6) is 0. The summed E-state index contributed by atoms with van der Waals surface area (Å²) in [7, 11) is 0. The third-order valence-corrected chi connectivity index (χ3v) is 0. The maximum Gasteiger partial charge on any atom is 4.00 e. The Kier molecular flexibility index (Phi) is 110. The van der Waals surface area contributed by atoms with Gasteiger partial charge in [-0.2, -0.15) is 0 Å². The van der Waals surface area contributed by atoms with Crippen molar-refractivity contribution in [2.75, 3.05) is 0 Å². The molecule has 0 amide bonds. The number of hydrogen-bond donors (Lipinski definition) is 0. The predicted molar refractivity (Wildman–Crippen MR) is 6.44 cm³/mol. The molecule has 0 spiro atoms. The summed E-state index contributed by atoms with van der Waals surface area (Å²) < 4.78 is 0. The summed E-state index contributed by atoms with van der Waals surface area (Å²) in [5, 5.41) is 0. The van der Waals surface area contributed by atoms with Gasteiger partial charge in [0.1, 0.15) is 0 Å². The van der Waals surface area contributed by atoms with Crippen LogP contribution in [-0.4, -0.2) is 37.7 Å². The van der Waals surface area contributed by atoms with Crippen LogP contribution in [0.3, 0.4) is 0 Å². The van der Waals surface area contributed by atoms with Crippen molar-refractivity contribution in [1.29, 1.82) is 0 Å². The van der Waals surface area contributed by atoms with Crippen LogP contribution in [0.2, 0.25) is 0 Å². The van der Waals surface area contributed by atoms with E-state index in [1.165, 1.54) is 0 Å². The molecule has 0 saturated heterocycles. The summed E-state index contributed by atoms with van der Waals surface area (Å²) in [4.78, 5) is 0. The zero-order chi connectivity index (χ0) is 0. The van der Waals surface area contributed by atoms with Crippen LogP contribution < -0.4 is 0 Å². The Hall–Kier alpha value is 3.21. The van der Waals surface area contributed by atoms with E-state index in [2.05, 4.69) is 0 Å². The average molecular weight is 236 g/mol. The second-order valence-corrected chi connectivity index (χ2v) is 0. The largest absolute Gasteiger partial charge is 4.00 e. The van der Waals surface area contributed by atoms with Crippen molar-refractivity contribution in [3.8, 4) is 0 Å². The summed E-state index contributed by atoms with van der Waals surface area (Å²) in [5.41, 5.74) is 0. The average Bonchev–Trinajstić information content (AvgIpc) is 0. The van der Waals surface area contributed by atoms with E-state index < -0.39 is 0 Å². The smallest absolute Gasteiger partial charge is 2.00 e. The first-order chi connectivity index (χ1) is 0.